The van der Waals surface area contributed by atoms with Gasteiger partial charge in [0.25, 0.3) is 0 Å². The van der Waals surface area contributed by atoms with E-state index < -0.39 is 0 Å². The Morgan fingerprint density at radius 1 is 0.929 bits per heavy atom. The molecular weight excluding hydrogens is 348 g/mol. The molecule has 0 bridgehead atoms. The van der Waals surface area contributed by atoms with E-state index in [-0.39, 0.29) is 0 Å². The van der Waals surface area contributed by atoms with Gasteiger partial charge in [-0.1, -0.05) is 35.9 Å². The molecule has 0 atom stereocenters. The third-order valence-corrected chi connectivity index (χ3v) is 4.73. The molecule has 142 valence electrons. The first-order chi connectivity index (χ1) is 13.6. The molecule has 28 heavy (non-hydrogen) atoms. The Bertz CT molecular complexity index is 1120. The number of nitrogens with zero attached hydrogens (tertiary/aromatic N) is 3. The highest BCUT2D eigenvalue weighted by atomic mass is 15.2. The molecule has 0 amide bonds. The van der Waals surface area contributed by atoms with Gasteiger partial charge in [-0.3, -0.25) is 0 Å². The highest BCUT2D eigenvalue weighted by Crippen LogP contribution is 2.20. The first-order valence-corrected chi connectivity index (χ1v) is 9.44. The number of nitrogens with one attached hydrogen (secondary N) is 3. The minimum Gasteiger partial charge on any atom is -0.361 e. The summed E-state index contributed by atoms with van der Waals surface area (Å²) < 4.78 is 0. The van der Waals surface area contributed by atoms with Crippen molar-refractivity contribution in [1.82, 2.24) is 19.9 Å². The average Bonchev–Trinajstić information content (AvgIpc) is 3.07. The normalized spacial score (nSPS) is 11.0. The summed E-state index contributed by atoms with van der Waals surface area (Å²) in [4.78, 5) is 16.7. The van der Waals surface area contributed by atoms with Crippen molar-refractivity contribution in [2.75, 3.05) is 17.2 Å². The van der Waals surface area contributed by atoms with E-state index in [1.807, 2.05) is 19.1 Å². The van der Waals surface area contributed by atoms with Crippen molar-refractivity contribution in [3.05, 3.63) is 71.2 Å². The van der Waals surface area contributed by atoms with E-state index in [9.17, 15) is 0 Å². The zero-order valence-corrected chi connectivity index (χ0v) is 16.4. The van der Waals surface area contributed by atoms with Crippen LogP contribution < -0.4 is 10.6 Å². The Hall–Kier alpha value is -3.41. The van der Waals surface area contributed by atoms with E-state index in [4.69, 9.17) is 0 Å². The number of anilines is 3. The molecule has 0 aliphatic carbocycles. The van der Waals surface area contributed by atoms with Crippen molar-refractivity contribution >= 4 is 28.5 Å². The molecule has 0 fully saturated rings. The molecule has 3 N–H and O–H groups in total. The van der Waals surface area contributed by atoms with E-state index in [0.717, 1.165) is 29.7 Å². The molecule has 0 aliphatic rings. The molecule has 2 aromatic carbocycles. The summed E-state index contributed by atoms with van der Waals surface area (Å²) in [5.74, 6) is 1.81. The summed E-state index contributed by atoms with van der Waals surface area (Å²) in [6.07, 6.45) is 2.95. The third-order valence-electron chi connectivity index (χ3n) is 4.73. The zero-order valence-electron chi connectivity index (χ0n) is 16.4. The predicted molar refractivity (Wildman–Crippen MR) is 114 cm³/mol. The van der Waals surface area contributed by atoms with Gasteiger partial charge in [0.15, 0.2) is 0 Å². The van der Waals surface area contributed by atoms with Gasteiger partial charge in [0.2, 0.25) is 11.9 Å². The minimum atomic E-state index is 0.550. The van der Waals surface area contributed by atoms with Crippen LogP contribution in [0.2, 0.25) is 0 Å². The number of hydrogen-bond donors (Lipinski definition) is 3. The molecule has 0 radical (unpaired) electrons. The predicted octanol–water partition coefficient (Wildman–Crippen LogP) is 4.68. The van der Waals surface area contributed by atoms with Gasteiger partial charge in [0.1, 0.15) is 5.82 Å². The Kier molecular flexibility index (Phi) is 4.93. The summed E-state index contributed by atoms with van der Waals surface area (Å²) in [6, 6.07) is 14.6. The molecule has 0 saturated heterocycles. The lowest BCUT2D eigenvalue weighted by molar-refractivity contribution is 0.940. The van der Waals surface area contributed by atoms with Crippen LogP contribution in [0.25, 0.3) is 10.9 Å². The van der Waals surface area contributed by atoms with Crippen molar-refractivity contribution in [2.24, 2.45) is 0 Å². The summed E-state index contributed by atoms with van der Waals surface area (Å²) in [5.41, 5.74) is 5.83. The van der Waals surface area contributed by atoms with Crippen molar-refractivity contribution in [3.63, 3.8) is 0 Å². The summed E-state index contributed by atoms with van der Waals surface area (Å²) in [5, 5.41) is 7.88. The molecule has 2 heterocycles. The van der Waals surface area contributed by atoms with Gasteiger partial charge in [-0.2, -0.15) is 15.0 Å². The molecule has 4 rings (SSSR count). The quantitative estimate of drug-likeness (QED) is 0.458. The molecule has 4 aromatic rings. The van der Waals surface area contributed by atoms with Gasteiger partial charge in [0.05, 0.1) is 0 Å². The molecular formula is C22H24N6. The second kappa shape index (κ2) is 7.68. The molecule has 0 spiro atoms. The van der Waals surface area contributed by atoms with Crippen LogP contribution >= 0.6 is 0 Å². The highest BCUT2D eigenvalue weighted by molar-refractivity contribution is 5.83. The number of aryl methyl sites for hydroxylation is 3. The minimum absolute atomic E-state index is 0.550. The molecule has 0 saturated carbocycles. The van der Waals surface area contributed by atoms with Gasteiger partial charge in [-0.05, 0) is 50.5 Å². The first kappa shape index (κ1) is 18.0. The Balaban J connectivity index is 1.45. The number of fused-ring (bicyclic) bond motifs is 1. The number of hydrogen-bond acceptors (Lipinski definition) is 5. The summed E-state index contributed by atoms with van der Waals surface area (Å²) in [6.45, 7) is 6.78. The van der Waals surface area contributed by atoms with Crippen LogP contribution in [0.3, 0.4) is 0 Å². The number of H-pyrrole nitrogens is 1. The maximum absolute atomic E-state index is 4.52. The van der Waals surface area contributed by atoms with Crippen LogP contribution in [0.4, 0.5) is 17.6 Å². The number of benzene rings is 2. The van der Waals surface area contributed by atoms with Gasteiger partial charge in [-0.25, -0.2) is 0 Å². The maximum Gasteiger partial charge on any atom is 0.232 e. The van der Waals surface area contributed by atoms with Crippen LogP contribution in [0.15, 0.2) is 48.7 Å². The topological polar surface area (TPSA) is 78.5 Å². The van der Waals surface area contributed by atoms with Crippen LogP contribution in [-0.4, -0.2) is 26.5 Å². The van der Waals surface area contributed by atoms with Gasteiger partial charge in [-0.15, -0.1) is 0 Å². The van der Waals surface area contributed by atoms with Gasteiger partial charge >= 0.3 is 0 Å². The van der Waals surface area contributed by atoms with Gasteiger partial charge in [0, 0.05) is 29.3 Å². The first-order valence-electron chi connectivity index (χ1n) is 9.44. The smallest absolute Gasteiger partial charge is 0.232 e. The van der Waals surface area contributed by atoms with Crippen molar-refractivity contribution in [1.29, 1.82) is 0 Å². The fraction of sp³-hybridized carbons (Fsp3) is 0.227. The SMILES string of the molecule is Cc1ccc(Nc2nc(C)nc(NCCc3c[nH]c4ccccc34)n2)c(C)c1. The monoisotopic (exact) mass is 372 g/mol. The number of aromatic amines is 1. The fourth-order valence-corrected chi connectivity index (χ4v) is 3.34. The maximum atomic E-state index is 4.52. The number of rotatable bonds is 6. The van der Waals surface area contributed by atoms with Crippen LogP contribution in [0.1, 0.15) is 22.5 Å². The molecule has 6 heteroatoms. The largest absolute Gasteiger partial charge is 0.361 e. The summed E-state index contributed by atoms with van der Waals surface area (Å²) in [7, 11) is 0. The van der Waals surface area contributed by atoms with Crippen molar-refractivity contribution < 1.29 is 0 Å². The second-order valence-corrected chi connectivity index (χ2v) is 7.01. The Morgan fingerprint density at radius 2 is 1.75 bits per heavy atom. The highest BCUT2D eigenvalue weighted by Gasteiger charge is 2.07. The Morgan fingerprint density at radius 3 is 2.61 bits per heavy atom. The zero-order chi connectivity index (χ0) is 19.5. The molecule has 2 aromatic heterocycles. The third kappa shape index (κ3) is 3.96. The lowest BCUT2D eigenvalue weighted by Crippen LogP contribution is -2.11. The van der Waals surface area contributed by atoms with E-state index in [1.54, 1.807) is 0 Å². The van der Waals surface area contributed by atoms with Gasteiger partial charge < -0.3 is 15.6 Å². The Labute approximate surface area is 164 Å². The van der Waals surface area contributed by atoms with Crippen molar-refractivity contribution in [3.8, 4) is 0 Å². The lowest BCUT2D eigenvalue weighted by Gasteiger charge is -2.11. The van der Waals surface area contributed by atoms with E-state index in [2.05, 4.69) is 80.9 Å². The number of aromatic nitrogens is 4. The van der Waals surface area contributed by atoms with E-state index in [0.29, 0.717) is 17.7 Å². The average molecular weight is 372 g/mol. The van der Waals surface area contributed by atoms with Crippen molar-refractivity contribution in [2.45, 2.75) is 27.2 Å². The lowest BCUT2D eigenvalue weighted by atomic mass is 10.1. The fourth-order valence-electron chi connectivity index (χ4n) is 3.34. The molecule has 0 aliphatic heterocycles. The van der Waals surface area contributed by atoms with Crippen LogP contribution in [0.5, 0.6) is 0 Å². The standard InChI is InChI=1S/C22H24N6/c1-14-8-9-19(15(2)12-14)27-22-26-16(3)25-21(28-22)23-11-10-17-13-24-20-7-5-4-6-18(17)20/h4-9,12-13,24H,10-11H2,1-3H3,(H2,23,25,26,27,28). The second-order valence-electron chi connectivity index (χ2n) is 7.01. The molecule has 0 unspecified atom stereocenters. The van der Waals surface area contributed by atoms with Crippen LogP contribution in [-0.2, 0) is 6.42 Å². The van der Waals surface area contributed by atoms with E-state index >= 15 is 0 Å². The summed E-state index contributed by atoms with van der Waals surface area (Å²) >= 11 is 0. The molecule has 6 nitrogen and oxygen atoms in total. The van der Waals surface area contributed by atoms with E-state index in [1.165, 1.54) is 16.5 Å². The van der Waals surface area contributed by atoms with Crippen LogP contribution in [0, 0.1) is 20.8 Å². The number of para-hydroxylation sites is 1.